The number of carboxylic acid groups (broad SMARTS) is 1. The van der Waals surface area contributed by atoms with E-state index in [1.54, 1.807) is 0 Å². The Morgan fingerprint density at radius 3 is 2.58 bits per heavy atom. The Hall–Kier alpha value is -0.575. The van der Waals surface area contributed by atoms with Crippen molar-refractivity contribution in [3.63, 3.8) is 0 Å². The van der Waals surface area contributed by atoms with E-state index in [1.165, 1.54) is 0 Å². The van der Waals surface area contributed by atoms with Crippen LogP contribution >= 0.6 is 0 Å². The van der Waals surface area contributed by atoms with Gasteiger partial charge in [0.15, 0.2) is 0 Å². The third-order valence-corrected chi connectivity index (χ3v) is 2.23. The first kappa shape index (κ1) is 9.51. The van der Waals surface area contributed by atoms with Crippen LogP contribution in [0.15, 0.2) is 0 Å². The van der Waals surface area contributed by atoms with Crippen LogP contribution in [-0.2, 0) is 4.79 Å². The van der Waals surface area contributed by atoms with E-state index in [1.807, 2.05) is 0 Å². The summed E-state index contributed by atoms with van der Waals surface area (Å²) in [6.07, 6.45) is -2.66. The van der Waals surface area contributed by atoms with Gasteiger partial charge in [-0.25, -0.2) is 4.39 Å². The van der Waals surface area contributed by atoms with Crippen LogP contribution in [0.5, 0.6) is 0 Å². The molecule has 3 nitrogen and oxygen atoms in total. The first-order valence-electron chi connectivity index (χ1n) is 3.82. The molecule has 4 unspecified atom stereocenters. The Kier molecular flexibility index (Phi) is 2.72. The predicted octanol–water partition coefficient (Wildman–Crippen LogP) is 0.137. The van der Waals surface area contributed by atoms with Crippen LogP contribution in [0.4, 0.5) is 4.39 Å². The number of rotatable bonds is 2. The van der Waals surface area contributed by atoms with Crippen molar-refractivity contribution in [1.82, 2.24) is 0 Å². The minimum Gasteiger partial charge on any atom is -0.481 e. The lowest BCUT2D eigenvalue weighted by atomic mass is 9.84. The fourth-order valence-corrected chi connectivity index (χ4v) is 1.56. The summed E-state index contributed by atoms with van der Waals surface area (Å²) in [6, 6.07) is 0. The molecule has 0 saturated heterocycles. The highest BCUT2D eigenvalue weighted by atomic mass is 19.1. The van der Waals surface area contributed by atoms with E-state index in [2.05, 4.69) is 0 Å². The maximum Gasteiger partial charge on any atom is 0.303 e. The molecule has 1 fully saturated rings. The second-order valence-corrected chi connectivity index (χ2v) is 3.19. The molecular weight excluding hydrogens is 162 g/mol. The smallest absolute Gasteiger partial charge is 0.303 e. The lowest BCUT2D eigenvalue weighted by Gasteiger charge is -2.12. The van der Waals surface area contributed by atoms with Crippen LogP contribution in [0.1, 0.15) is 12.8 Å². The van der Waals surface area contributed by atoms with Gasteiger partial charge in [0.2, 0.25) is 0 Å². The molecule has 0 aliphatic heterocycles. The first-order valence-corrected chi connectivity index (χ1v) is 3.82. The van der Waals surface area contributed by atoms with Gasteiger partial charge in [-0.1, -0.05) is 0 Å². The largest absolute Gasteiger partial charge is 0.481 e. The second kappa shape index (κ2) is 3.43. The monoisotopic (exact) mass is 172 g/mol. The van der Waals surface area contributed by atoms with E-state index in [0.717, 1.165) is 0 Å². The topological polar surface area (TPSA) is 57.5 Å². The van der Waals surface area contributed by atoms with Crippen molar-refractivity contribution < 1.29 is 19.4 Å². The highest BCUT2D eigenvalue weighted by Crippen LogP contribution is 2.37. The Balaban J connectivity index is 2.52. The SMILES string of the molecule is [B]C1CC(CC(=O)O)C(O)C1F. The summed E-state index contributed by atoms with van der Waals surface area (Å²) in [4.78, 5) is 10.2. The first-order chi connectivity index (χ1) is 5.52. The van der Waals surface area contributed by atoms with Crippen molar-refractivity contribution >= 4 is 13.8 Å². The molecule has 1 aliphatic carbocycles. The van der Waals surface area contributed by atoms with E-state index >= 15 is 0 Å². The lowest BCUT2D eigenvalue weighted by molar-refractivity contribution is -0.139. The minimum absolute atomic E-state index is 0.213. The van der Waals surface area contributed by atoms with Crippen LogP contribution in [-0.4, -0.2) is 36.3 Å². The molecule has 0 spiro atoms. The Bertz CT molecular complexity index is 187. The minimum atomic E-state index is -1.48. The van der Waals surface area contributed by atoms with Gasteiger partial charge in [0.05, 0.1) is 20.4 Å². The van der Waals surface area contributed by atoms with E-state index in [9.17, 15) is 9.18 Å². The summed E-state index contributed by atoms with van der Waals surface area (Å²) in [5.41, 5.74) is 0. The molecule has 0 aromatic heterocycles. The van der Waals surface area contributed by atoms with Crippen molar-refractivity contribution in [2.24, 2.45) is 5.92 Å². The zero-order valence-corrected chi connectivity index (χ0v) is 6.48. The molecule has 1 aliphatic rings. The summed E-state index contributed by atoms with van der Waals surface area (Å²) in [5, 5.41) is 17.5. The molecule has 0 heterocycles. The summed E-state index contributed by atoms with van der Waals surface area (Å²) >= 11 is 0. The molecule has 12 heavy (non-hydrogen) atoms. The molecule has 1 saturated carbocycles. The van der Waals surface area contributed by atoms with Gasteiger partial charge in [0.1, 0.15) is 6.17 Å². The van der Waals surface area contributed by atoms with Crippen molar-refractivity contribution in [2.75, 3.05) is 0 Å². The van der Waals surface area contributed by atoms with Crippen LogP contribution in [0.25, 0.3) is 0 Å². The van der Waals surface area contributed by atoms with E-state index in [0.29, 0.717) is 0 Å². The maximum atomic E-state index is 12.8. The number of carboxylic acids is 1. The molecule has 2 N–H and O–H groups in total. The Labute approximate surface area is 71.0 Å². The van der Waals surface area contributed by atoms with Gasteiger partial charge in [-0.15, -0.1) is 0 Å². The zero-order chi connectivity index (χ0) is 9.30. The van der Waals surface area contributed by atoms with Gasteiger partial charge < -0.3 is 10.2 Å². The van der Waals surface area contributed by atoms with Crippen LogP contribution < -0.4 is 0 Å². The zero-order valence-electron chi connectivity index (χ0n) is 6.48. The van der Waals surface area contributed by atoms with Gasteiger partial charge in [-0.3, -0.25) is 4.79 Å². The molecule has 2 radical (unpaired) electrons. The van der Waals surface area contributed by atoms with Gasteiger partial charge >= 0.3 is 5.97 Å². The standard InChI is InChI=1S/C7H10BFO3/c8-4-1-3(2-5(10)11)7(12)6(4)9/h3-4,6-7,12H,1-2H2,(H,10,11). The normalized spacial score (nSPS) is 41.5. The van der Waals surface area contributed by atoms with Crippen molar-refractivity contribution in [2.45, 2.75) is 30.9 Å². The number of halogens is 1. The van der Waals surface area contributed by atoms with E-state index in [-0.39, 0.29) is 12.8 Å². The molecule has 0 aromatic carbocycles. The number of hydrogen-bond acceptors (Lipinski definition) is 2. The van der Waals surface area contributed by atoms with E-state index in [4.69, 9.17) is 18.1 Å². The van der Waals surface area contributed by atoms with Crippen LogP contribution in [0, 0.1) is 5.92 Å². The second-order valence-electron chi connectivity index (χ2n) is 3.19. The van der Waals surface area contributed by atoms with Gasteiger partial charge in [-0.05, 0) is 18.2 Å². The highest BCUT2D eigenvalue weighted by Gasteiger charge is 2.40. The lowest BCUT2D eigenvalue weighted by Crippen LogP contribution is -2.24. The highest BCUT2D eigenvalue weighted by molar-refractivity contribution is 6.12. The van der Waals surface area contributed by atoms with Gasteiger partial charge in [-0.2, -0.15) is 0 Å². The summed E-state index contributed by atoms with van der Waals surface area (Å²) in [6.45, 7) is 0. The van der Waals surface area contributed by atoms with E-state index < -0.39 is 30.0 Å². The van der Waals surface area contributed by atoms with Crippen LogP contribution in [0.3, 0.4) is 0 Å². The van der Waals surface area contributed by atoms with Crippen LogP contribution in [0.2, 0.25) is 5.82 Å². The summed E-state index contributed by atoms with van der Waals surface area (Å²) < 4.78 is 12.8. The van der Waals surface area contributed by atoms with Crippen molar-refractivity contribution in [1.29, 1.82) is 0 Å². The average molecular weight is 172 g/mol. The molecule has 0 aromatic rings. The third kappa shape index (κ3) is 1.77. The fraction of sp³-hybridized carbons (Fsp3) is 0.857. The Morgan fingerprint density at radius 2 is 2.25 bits per heavy atom. The van der Waals surface area contributed by atoms with Gasteiger partial charge in [0.25, 0.3) is 0 Å². The van der Waals surface area contributed by atoms with Gasteiger partial charge in [0, 0.05) is 0 Å². The molecular formula is C7H10BFO3. The summed E-state index contributed by atoms with van der Waals surface area (Å²) in [5.74, 6) is -2.28. The predicted molar refractivity (Wildman–Crippen MR) is 40.8 cm³/mol. The number of aliphatic hydroxyl groups excluding tert-OH is 1. The number of aliphatic carboxylic acids is 1. The number of carbonyl (C=O) groups is 1. The Morgan fingerprint density at radius 1 is 1.67 bits per heavy atom. The molecule has 66 valence electrons. The number of hydrogen-bond donors (Lipinski definition) is 2. The van der Waals surface area contributed by atoms with Crippen molar-refractivity contribution in [3.05, 3.63) is 0 Å². The average Bonchev–Trinajstić information content (AvgIpc) is 2.17. The molecule has 4 atom stereocenters. The fourth-order valence-electron chi connectivity index (χ4n) is 1.56. The number of alkyl halides is 1. The molecule has 5 heteroatoms. The quantitative estimate of drug-likeness (QED) is 0.582. The maximum absolute atomic E-state index is 12.8. The van der Waals surface area contributed by atoms with Crippen molar-refractivity contribution in [3.8, 4) is 0 Å². The number of aliphatic hydroxyl groups is 1. The third-order valence-electron chi connectivity index (χ3n) is 2.23. The molecule has 1 rings (SSSR count). The summed E-state index contributed by atoms with van der Waals surface area (Å²) in [7, 11) is 5.31. The molecule has 0 bridgehead atoms. The molecule has 0 amide bonds.